The molecule has 17 N–H and O–H groups in total. The molecule has 1 aliphatic heterocycles. The molecule has 2 aliphatic rings. The third kappa shape index (κ3) is 24.3. The second kappa shape index (κ2) is 33.5. The molecule has 3 aromatic carbocycles. The van der Waals surface area contributed by atoms with Crippen LogP contribution in [0.2, 0.25) is 0 Å². The molecule has 1 heterocycles. The molecule has 496 valence electrons. The summed E-state index contributed by atoms with van der Waals surface area (Å²) >= 11 is 0.849. The van der Waals surface area contributed by atoms with E-state index in [0.717, 1.165) is 11.8 Å². The Morgan fingerprint density at radius 1 is 0.626 bits per heavy atom. The van der Waals surface area contributed by atoms with Crippen LogP contribution in [-0.2, 0) is 81.4 Å². The minimum Gasteiger partial charge on any atom is -0.508 e. The number of phosphoric acid groups is 1. The summed E-state index contributed by atoms with van der Waals surface area (Å²) in [5.41, 5.74) is 10.2. The number of rotatable bonds is 13. The van der Waals surface area contributed by atoms with Crippen LogP contribution in [-0.4, -0.2) is 158 Å². The van der Waals surface area contributed by atoms with Crippen LogP contribution in [0.4, 0.5) is 0 Å². The number of primary amides is 2. The number of carbonyl (C=O) groups is 12. The Morgan fingerprint density at radius 3 is 1.68 bits per heavy atom. The van der Waals surface area contributed by atoms with E-state index in [1.807, 2.05) is 0 Å². The largest absolute Gasteiger partial charge is 0.524 e. The molecule has 1 spiro atoms. The number of carbonyl (C=O) groups excluding carboxylic acids is 12. The SMILES string of the molecule is CC(C)[C@@H]1NC(=O)[C@H](CC(N)=O)NC(=O)C2(CCCCC2)NC(=O)[C@H](Cc2ccc(OP(=O)(O)O)cc2)NC(=O)[C@H](Cc2ccccc2)NC(=O)[C@H](C)NC(=O)CSC[C@@H](C(N)=O)NC(=O)[C@H](Cc2ccc(O)cc2)NC(=O)[C@H](CC(C)(C)C)NC(=O)CNC1=O. The zero-order chi connectivity index (χ0) is 67.4. The van der Waals surface area contributed by atoms with E-state index in [1.165, 1.54) is 55.5 Å². The van der Waals surface area contributed by atoms with Crippen molar-refractivity contribution in [3.05, 3.63) is 95.6 Å². The smallest absolute Gasteiger partial charge is 0.508 e. The Kier molecular flexibility index (Phi) is 26.9. The molecular weight excluding hydrogens is 1220 g/mol. The van der Waals surface area contributed by atoms with Crippen molar-refractivity contribution in [2.24, 2.45) is 22.8 Å². The van der Waals surface area contributed by atoms with Gasteiger partial charge in [0.25, 0.3) is 0 Å². The lowest BCUT2D eigenvalue weighted by Gasteiger charge is -2.38. The van der Waals surface area contributed by atoms with E-state index < -0.39 is 163 Å². The van der Waals surface area contributed by atoms with Crippen LogP contribution < -0.4 is 69.2 Å². The number of phosphoric ester groups is 1. The molecule has 8 atom stereocenters. The van der Waals surface area contributed by atoms with Crippen molar-refractivity contribution in [3.63, 3.8) is 0 Å². The highest BCUT2D eigenvalue weighted by Crippen LogP contribution is 2.37. The first-order valence-electron chi connectivity index (χ1n) is 29.5. The third-order valence-electron chi connectivity index (χ3n) is 14.8. The molecular formula is C60H83N12O17PS. The van der Waals surface area contributed by atoms with Crippen molar-refractivity contribution < 1.29 is 81.5 Å². The maximum absolute atomic E-state index is 14.9. The second-order valence-electron chi connectivity index (χ2n) is 24.1. The third-order valence-corrected chi connectivity index (χ3v) is 16.2. The first-order valence-corrected chi connectivity index (χ1v) is 32.2. The fraction of sp³-hybridized carbons (Fsp3) is 0.500. The van der Waals surface area contributed by atoms with Crippen molar-refractivity contribution in [2.45, 2.75) is 160 Å². The Bertz CT molecular complexity index is 3160. The van der Waals surface area contributed by atoms with Gasteiger partial charge < -0.3 is 74.3 Å². The number of benzene rings is 3. The summed E-state index contributed by atoms with van der Waals surface area (Å²) in [4.78, 5) is 187. The summed E-state index contributed by atoms with van der Waals surface area (Å²) in [6.45, 7) is 9.04. The molecule has 2 fully saturated rings. The second-order valence-corrected chi connectivity index (χ2v) is 26.3. The van der Waals surface area contributed by atoms with Crippen LogP contribution >= 0.6 is 19.6 Å². The van der Waals surface area contributed by atoms with Crippen LogP contribution in [0.15, 0.2) is 78.9 Å². The van der Waals surface area contributed by atoms with Gasteiger partial charge in [0.05, 0.1) is 18.7 Å². The summed E-state index contributed by atoms with van der Waals surface area (Å²) in [7, 11) is -5.00. The van der Waals surface area contributed by atoms with Crippen molar-refractivity contribution in [1.29, 1.82) is 0 Å². The number of phenols is 1. The van der Waals surface area contributed by atoms with E-state index in [9.17, 15) is 77.0 Å². The molecule has 0 unspecified atom stereocenters. The van der Waals surface area contributed by atoms with Gasteiger partial charge in [0.15, 0.2) is 0 Å². The monoisotopic (exact) mass is 1310 g/mol. The lowest BCUT2D eigenvalue weighted by atomic mass is 9.80. The van der Waals surface area contributed by atoms with Crippen molar-refractivity contribution >= 4 is 90.5 Å². The van der Waals surface area contributed by atoms with Gasteiger partial charge in [0.2, 0.25) is 70.9 Å². The summed E-state index contributed by atoms with van der Waals surface area (Å²) < 4.78 is 16.3. The molecule has 5 rings (SSSR count). The molecule has 1 aliphatic carbocycles. The standard InChI is InChI=1S/C60H83N12O17PS/c1-33(2)49-57(84)63-30-47(75)65-44(29-59(4,5)6)55(82)67-41(26-36-15-19-38(73)20-16-36)53(80)69-45(50(62)77)31-91-32-48(76)64-34(3)51(78)66-40(25-35-13-9-7-10-14-35)52(79)68-42(27-37-17-21-39(22-18-37)89-90(86,87)88)56(83)72-60(23-11-8-12-24-60)58(85)70-43(28-46(61)74)54(81)71-49/h7,9-10,13-22,33-34,40-45,49,73H,8,11-12,23-32H2,1-6H3,(H2,61,74)(H2,62,77)(H,63,84)(H,64,76)(H,65,75)(H,66,78)(H,67,82)(H,68,79)(H,69,80)(H,70,85)(H,71,81)(H,72,83)(H2,86,87,88)/t34-,40-,41-,42-,43-,44-,45-,49-/m0/s1. The van der Waals surface area contributed by atoms with E-state index in [2.05, 4.69) is 57.7 Å². The fourth-order valence-electron chi connectivity index (χ4n) is 10.1. The normalized spacial score (nSPS) is 23.9. The molecule has 1 saturated carbocycles. The van der Waals surface area contributed by atoms with Gasteiger partial charge >= 0.3 is 7.82 Å². The molecule has 91 heavy (non-hydrogen) atoms. The highest BCUT2D eigenvalue weighted by Gasteiger charge is 2.45. The number of hydrogen-bond acceptors (Lipinski definition) is 16. The Balaban J connectivity index is 1.55. The Labute approximate surface area is 530 Å². The van der Waals surface area contributed by atoms with Gasteiger partial charge in [-0.25, -0.2) is 4.57 Å². The zero-order valence-corrected chi connectivity index (χ0v) is 53.2. The highest BCUT2D eigenvalue weighted by molar-refractivity contribution is 8.00. The molecule has 12 amide bonds. The molecule has 31 heteroatoms. The van der Waals surface area contributed by atoms with Crippen LogP contribution in [0.25, 0.3) is 0 Å². The van der Waals surface area contributed by atoms with Crippen LogP contribution in [0.3, 0.4) is 0 Å². The zero-order valence-electron chi connectivity index (χ0n) is 51.5. The van der Waals surface area contributed by atoms with Gasteiger partial charge in [-0.05, 0) is 78.5 Å². The van der Waals surface area contributed by atoms with Crippen molar-refractivity contribution in [1.82, 2.24) is 53.2 Å². The van der Waals surface area contributed by atoms with E-state index in [4.69, 9.17) is 11.5 Å². The van der Waals surface area contributed by atoms with Crippen LogP contribution in [0, 0.1) is 11.3 Å². The summed E-state index contributed by atoms with van der Waals surface area (Å²) in [5.74, 6) is -12.8. The number of amides is 12. The lowest BCUT2D eigenvalue weighted by Crippen LogP contribution is -2.66. The quantitative estimate of drug-likeness (QED) is 0.0906. The minimum atomic E-state index is -5.00. The summed E-state index contributed by atoms with van der Waals surface area (Å²) in [5, 5.41) is 36.0. The van der Waals surface area contributed by atoms with E-state index >= 15 is 0 Å². The summed E-state index contributed by atoms with van der Waals surface area (Å²) in [6.07, 6.45) is -0.218. The first kappa shape index (κ1) is 73.1. The first-order chi connectivity index (χ1) is 42.7. The van der Waals surface area contributed by atoms with Crippen molar-refractivity contribution in [3.8, 4) is 11.5 Å². The van der Waals surface area contributed by atoms with Crippen LogP contribution in [0.5, 0.6) is 11.5 Å². The molecule has 1 saturated heterocycles. The van der Waals surface area contributed by atoms with Gasteiger partial charge in [-0.2, -0.15) is 0 Å². The van der Waals surface area contributed by atoms with E-state index in [0.29, 0.717) is 36.0 Å². The molecule has 0 aromatic heterocycles. The molecule has 29 nitrogen and oxygen atoms in total. The van der Waals surface area contributed by atoms with Crippen molar-refractivity contribution in [2.75, 3.05) is 18.1 Å². The fourth-order valence-corrected chi connectivity index (χ4v) is 11.3. The summed E-state index contributed by atoms with van der Waals surface area (Å²) in [6, 6.07) is 7.42. The Morgan fingerprint density at radius 2 is 1.14 bits per heavy atom. The van der Waals surface area contributed by atoms with Gasteiger partial charge in [0, 0.05) is 25.0 Å². The number of nitrogens with one attached hydrogen (secondary N) is 10. The van der Waals surface area contributed by atoms with Gasteiger partial charge in [-0.3, -0.25) is 67.3 Å². The van der Waals surface area contributed by atoms with Crippen LogP contribution in [0.1, 0.15) is 103 Å². The maximum atomic E-state index is 14.9. The number of phenolic OH excluding ortho intramolecular Hbond substituents is 1. The Hall–Kier alpha value is -8.60. The number of nitrogens with two attached hydrogens (primary N) is 2. The molecule has 0 bridgehead atoms. The minimum absolute atomic E-state index is 0.0160. The number of aromatic hydroxyl groups is 1. The van der Waals surface area contributed by atoms with Gasteiger partial charge in [0.1, 0.15) is 65.4 Å². The number of hydrogen-bond donors (Lipinski definition) is 15. The molecule has 0 radical (unpaired) electrons. The maximum Gasteiger partial charge on any atom is 0.524 e. The van der Waals surface area contributed by atoms with Gasteiger partial charge in [-0.15, -0.1) is 11.8 Å². The predicted molar refractivity (Wildman–Crippen MR) is 332 cm³/mol. The van der Waals surface area contributed by atoms with E-state index in [-0.39, 0.29) is 55.8 Å². The van der Waals surface area contributed by atoms with Gasteiger partial charge in [-0.1, -0.05) is 108 Å². The predicted octanol–water partition coefficient (Wildman–Crippen LogP) is -1.08. The molecule has 3 aromatic rings. The average molecular weight is 1310 g/mol. The average Bonchev–Trinajstić information content (AvgIpc) is 0.855. The number of thioether (sulfide) groups is 1. The topological polar surface area (TPSA) is 464 Å². The lowest BCUT2D eigenvalue weighted by molar-refractivity contribution is -0.140. The van der Waals surface area contributed by atoms with E-state index in [1.54, 1.807) is 65.0 Å². The highest BCUT2D eigenvalue weighted by atomic mass is 32.2.